The highest BCUT2D eigenvalue weighted by Gasteiger charge is 2.32. The van der Waals surface area contributed by atoms with Crippen molar-refractivity contribution < 1.29 is 14.7 Å². The molecule has 0 aliphatic heterocycles. The third-order valence-corrected chi connectivity index (χ3v) is 3.06. The summed E-state index contributed by atoms with van der Waals surface area (Å²) in [5.41, 5.74) is 1.21. The molecule has 1 fully saturated rings. The first-order chi connectivity index (χ1) is 9.10. The molecule has 2 rings (SSSR count). The number of carboxylic acid groups (broad SMARTS) is 1. The van der Waals surface area contributed by atoms with Crippen LogP contribution in [0.2, 0.25) is 0 Å². The van der Waals surface area contributed by atoms with Crippen LogP contribution in [0, 0.1) is 17.2 Å². The van der Waals surface area contributed by atoms with Gasteiger partial charge in [0.2, 0.25) is 5.91 Å². The van der Waals surface area contributed by atoms with Gasteiger partial charge < -0.3 is 10.4 Å². The topological polar surface area (TPSA) is 90.2 Å². The molecule has 1 aliphatic rings. The molecule has 0 unspecified atom stereocenters. The van der Waals surface area contributed by atoms with Gasteiger partial charge in [0.25, 0.3) is 0 Å². The summed E-state index contributed by atoms with van der Waals surface area (Å²) in [6, 6.07) is 7.81. The van der Waals surface area contributed by atoms with E-state index in [-0.39, 0.29) is 18.2 Å². The fourth-order valence-electron chi connectivity index (χ4n) is 1.84. The van der Waals surface area contributed by atoms with E-state index >= 15 is 0 Å². The van der Waals surface area contributed by atoms with Crippen LogP contribution in [0.1, 0.15) is 24.0 Å². The first-order valence-corrected chi connectivity index (χ1v) is 6.12. The molecule has 19 heavy (non-hydrogen) atoms. The van der Waals surface area contributed by atoms with Gasteiger partial charge in [-0.1, -0.05) is 12.1 Å². The van der Waals surface area contributed by atoms with Crippen molar-refractivity contribution in [2.24, 2.45) is 5.92 Å². The number of rotatable bonds is 5. The van der Waals surface area contributed by atoms with Gasteiger partial charge in [-0.2, -0.15) is 5.26 Å². The molecule has 1 atom stereocenters. The standard InChI is InChI=1S/C14H14N2O3/c15-8-10-3-1-2-9(6-10)7-12(14(18)19)16-13(17)11-4-5-11/h1-3,6,11-12H,4-5,7H2,(H,16,17)(H,18,19)/t12-/m0/s1. The van der Waals surface area contributed by atoms with Crippen molar-refractivity contribution >= 4 is 11.9 Å². The second kappa shape index (κ2) is 5.53. The highest BCUT2D eigenvalue weighted by molar-refractivity contribution is 5.86. The van der Waals surface area contributed by atoms with Gasteiger partial charge in [-0.3, -0.25) is 4.79 Å². The van der Waals surface area contributed by atoms with Crippen LogP contribution >= 0.6 is 0 Å². The van der Waals surface area contributed by atoms with E-state index in [2.05, 4.69) is 5.32 Å². The molecule has 0 bridgehead atoms. The van der Waals surface area contributed by atoms with Crippen LogP contribution in [0.15, 0.2) is 24.3 Å². The molecule has 1 aliphatic carbocycles. The third-order valence-electron chi connectivity index (χ3n) is 3.06. The summed E-state index contributed by atoms with van der Waals surface area (Å²) >= 11 is 0. The van der Waals surface area contributed by atoms with Gasteiger partial charge in [-0.25, -0.2) is 4.79 Å². The Morgan fingerprint density at radius 2 is 2.21 bits per heavy atom. The first-order valence-electron chi connectivity index (χ1n) is 6.12. The van der Waals surface area contributed by atoms with Gasteiger partial charge in [0, 0.05) is 12.3 Å². The van der Waals surface area contributed by atoms with E-state index in [1.165, 1.54) is 0 Å². The van der Waals surface area contributed by atoms with Gasteiger partial charge in [0.1, 0.15) is 6.04 Å². The molecule has 98 valence electrons. The highest BCUT2D eigenvalue weighted by Crippen LogP contribution is 2.29. The van der Waals surface area contributed by atoms with E-state index in [1.54, 1.807) is 24.3 Å². The van der Waals surface area contributed by atoms with Crippen molar-refractivity contribution in [3.63, 3.8) is 0 Å². The molecule has 0 heterocycles. The molecule has 1 aromatic carbocycles. The Kier molecular flexibility index (Phi) is 3.81. The number of nitrogens with one attached hydrogen (secondary N) is 1. The smallest absolute Gasteiger partial charge is 0.326 e. The largest absolute Gasteiger partial charge is 0.480 e. The number of carboxylic acids is 1. The number of nitriles is 1. The molecule has 1 amide bonds. The summed E-state index contributed by atoms with van der Waals surface area (Å²) in [5.74, 6) is -1.27. The normalized spacial score (nSPS) is 15.3. The van der Waals surface area contributed by atoms with Crippen molar-refractivity contribution in [3.8, 4) is 6.07 Å². The molecule has 0 saturated heterocycles. The maximum atomic E-state index is 11.6. The molecule has 5 heteroatoms. The molecule has 0 aromatic heterocycles. The third kappa shape index (κ3) is 3.55. The predicted molar refractivity (Wildman–Crippen MR) is 67.2 cm³/mol. The number of hydrogen-bond acceptors (Lipinski definition) is 3. The summed E-state index contributed by atoms with van der Waals surface area (Å²) < 4.78 is 0. The minimum Gasteiger partial charge on any atom is -0.480 e. The molecule has 1 aromatic rings. The van der Waals surface area contributed by atoms with Crippen LogP contribution in [-0.2, 0) is 16.0 Å². The zero-order valence-electron chi connectivity index (χ0n) is 10.3. The molecular formula is C14H14N2O3. The summed E-state index contributed by atoms with van der Waals surface area (Å²) in [6.07, 6.45) is 1.85. The highest BCUT2D eigenvalue weighted by atomic mass is 16.4. The number of carbonyl (C=O) groups is 2. The monoisotopic (exact) mass is 258 g/mol. The first kappa shape index (κ1) is 13.1. The fraction of sp³-hybridized carbons (Fsp3) is 0.357. The molecule has 1 saturated carbocycles. The van der Waals surface area contributed by atoms with Crippen molar-refractivity contribution in [1.29, 1.82) is 5.26 Å². The van der Waals surface area contributed by atoms with Crippen molar-refractivity contribution in [1.82, 2.24) is 5.32 Å². The summed E-state index contributed by atoms with van der Waals surface area (Å²) in [4.78, 5) is 22.8. The van der Waals surface area contributed by atoms with Crippen LogP contribution in [0.3, 0.4) is 0 Å². The predicted octanol–water partition coefficient (Wildman–Crippen LogP) is 1.08. The van der Waals surface area contributed by atoms with Crippen molar-refractivity contribution in [3.05, 3.63) is 35.4 Å². The quantitative estimate of drug-likeness (QED) is 0.826. The second-order valence-corrected chi connectivity index (χ2v) is 4.69. The van der Waals surface area contributed by atoms with Crippen LogP contribution in [-0.4, -0.2) is 23.0 Å². The number of hydrogen-bond donors (Lipinski definition) is 2. The second-order valence-electron chi connectivity index (χ2n) is 4.69. The summed E-state index contributed by atoms with van der Waals surface area (Å²) in [6.45, 7) is 0. The molecule has 0 radical (unpaired) electrons. The van der Waals surface area contributed by atoms with Crippen LogP contribution in [0.25, 0.3) is 0 Å². The Bertz CT molecular complexity index is 544. The van der Waals surface area contributed by atoms with E-state index < -0.39 is 12.0 Å². The number of aliphatic carboxylic acids is 1. The van der Waals surface area contributed by atoms with Gasteiger partial charge in [0.05, 0.1) is 11.6 Å². The Hall–Kier alpha value is -2.35. The number of benzene rings is 1. The lowest BCUT2D eigenvalue weighted by Crippen LogP contribution is -2.43. The number of carbonyl (C=O) groups excluding carboxylic acids is 1. The Labute approximate surface area is 110 Å². The lowest BCUT2D eigenvalue weighted by molar-refractivity contribution is -0.142. The lowest BCUT2D eigenvalue weighted by Gasteiger charge is -2.14. The van der Waals surface area contributed by atoms with Gasteiger partial charge in [-0.15, -0.1) is 0 Å². The van der Waals surface area contributed by atoms with Gasteiger partial charge >= 0.3 is 5.97 Å². The van der Waals surface area contributed by atoms with Crippen molar-refractivity contribution in [2.75, 3.05) is 0 Å². The maximum Gasteiger partial charge on any atom is 0.326 e. The number of amides is 1. The molecule has 0 spiro atoms. The maximum absolute atomic E-state index is 11.6. The minimum atomic E-state index is -1.06. The van der Waals surface area contributed by atoms with Crippen LogP contribution < -0.4 is 5.32 Å². The Morgan fingerprint density at radius 3 is 2.79 bits per heavy atom. The average Bonchev–Trinajstić information content (AvgIpc) is 3.22. The molecule has 5 nitrogen and oxygen atoms in total. The zero-order chi connectivity index (χ0) is 13.8. The van der Waals surface area contributed by atoms with E-state index in [0.717, 1.165) is 18.4 Å². The van der Waals surface area contributed by atoms with Crippen LogP contribution in [0.4, 0.5) is 0 Å². The van der Waals surface area contributed by atoms with E-state index in [4.69, 9.17) is 10.4 Å². The van der Waals surface area contributed by atoms with Crippen LogP contribution in [0.5, 0.6) is 0 Å². The molecule has 2 N–H and O–H groups in total. The average molecular weight is 258 g/mol. The fourth-order valence-corrected chi connectivity index (χ4v) is 1.84. The van der Waals surface area contributed by atoms with E-state index in [0.29, 0.717) is 5.56 Å². The van der Waals surface area contributed by atoms with E-state index in [9.17, 15) is 9.59 Å². The van der Waals surface area contributed by atoms with Gasteiger partial charge in [-0.05, 0) is 30.5 Å². The van der Waals surface area contributed by atoms with Gasteiger partial charge in [0.15, 0.2) is 0 Å². The number of nitrogens with zero attached hydrogens (tertiary/aromatic N) is 1. The Morgan fingerprint density at radius 1 is 1.47 bits per heavy atom. The van der Waals surface area contributed by atoms with Crippen molar-refractivity contribution in [2.45, 2.75) is 25.3 Å². The summed E-state index contributed by atoms with van der Waals surface area (Å²) in [5, 5.41) is 20.5. The zero-order valence-corrected chi connectivity index (χ0v) is 10.3. The Balaban J connectivity index is 2.05. The molecular weight excluding hydrogens is 244 g/mol. The summed E-state index contributed by atoms with van der Waals surface area (Å²) in [7, 11) is 0. The van der Waals surface area contributed by atoms with E-state index in [1.807, 2.05) is 6.07 Å². The minimum absolute atomic E-state index is 0.0210. The lowest BCUT2D eigenvalue weighted by atomic mass is 10.0. The SMILES string of the molecule is N#Cc1cccc(C[C@H](NC(=O)C2CC2)C(=O)O)c1.